The van der Waals surface area contributed by atoms with Crippen LogP contribution in [0.15, 0.2) is 41.3 Å². The molecular weight excluding hydrogens is 416 g/mol. The Bertz CT molecular complexity index is 882. The monoisotopic (exact) mass is 425 g/mol. The zero-order valence-corrected chi connectivity index (χ0v) is 16.1. The Balaban J connectivity index is 2.63. The fourth-order valence-electron chi connectivity index (χ4n) is 1.95. The molecule has 0 aliphatic carbocycles. The molecule has 2 aromatic rings. The Morgan fingerprint density at radius 3 is 2.08 bits per heavy atom. The van der Waals surface area contributed by atoms with Gasteiger partial charge in [-0.3, -0.25) is 9.10 Å². The number of sulfonamides is 1. The van der Waals surface area contributed by atoms with Gasteiger partial charge in [0.25, 0.3) is 10.0 Å². The van der Waals surface area contributed by atoms with Crippen molar-refractivity contribution >= 4 is 67.4 Å². The van der Waals surface area contributed by atoms with Gasteiger partial charge in [0.2, 0.25) is 5.24 Å². The number of benzene rings is 2. The highest BCUT2D eigenvalue weighted by molar-refractivity contribution is 7.92. The fraction of sp³-hybridized carbons (Fsp3) is 0.133. The second kappa shape index (κ2) is 7.50. The Labute approximate surface area is 159 Å². The number of nitrogens with zero attached hydrogens (tertiary/aromatic N) is 1. The third-order valence-corrected chi connectivity index (χ3v) is 6.05. The summed E-state index contributed by atoms with van der Waals surface area (Å²) < 4.78 is 26.6. The standard InChI is InChI=1S/C15H11Cl4NO3S/c1-9-2-4-10(5-3-9)24(22,23)20(8-15(19)21)14-7-12(17)11(16)6-13(14)18/h2-7H,8H2,1H3. The molecule has 0 spiro atoms. The lowest BCUT2D eigenvalue weighted by Gasteiger charge is -2.24. The van der Waals surface area contributed by atoms with Crippen LogP contribution in [0.3, 0.4) is 0 Å². The number of halogens is 4. The second-order valence-corrected chi connectivity index (χ2v) is 8.40. The quantitative estimate of drug-likeness (QED) is 0.503. The van der Waals surface area contributed by atoms with Crippen molar-refractivity contribution in [2.24, 2.45) is 0 Å². The average molecular weight is 427 g/mol. The molecule has 0 bridgehead atoms. The lowest BCUT2D eigenvalue weighted by Crippen LogP contribution is -2.34. The van der Waals surface area contributed by atoms with Crippen molar-refractivity contribution in [3.8, 4) is 0 Å². The zero-order valence-electron chi connectivity index (χ0n) is 12.3. The molecule has 0 aliphatic heterocycles. The van der Waals surface area contributed by atoms with Gasteiger partial charge in [-0.25, -0.2) is 8.42 Å². The van der Waals surface area contributed by atoms with Crippen molar-refractivity contribution in [1.82, 2.24) is 0 Å². The molecule has 0 saturated heterocycles. The van der Waals surface area contributed by atoms with Gasteiger partial charge in [-0.2, -0.15) is 0 Å². The summed E-state index contributed by atoms with van der Waals surface area (Å²) in [5, 5.41) is -0.580. The Morgan fingerprint density at radius 2 is 1.54 bits per heavy atom. The first-order valence-electron chi connectivity index (χ1n) is 6.55. The number of rotatable bonds is 5. The number of hydrogen-bond acceptors (Lipinski definition) is 3. The summed E-state index contributed by atoms with van der Waals surface area (Å²) in [5.74, 6) is 0. The van der Waals surface area contributed by atoms with Gasteiger partial charge < -0.3 is 0 Å². The molecule has 0 aliphatic rings. The first-order chi connectivity index (χ1) is 11.1. The molecule has 128 valence electrons. The number of carbonyl (C=O) groups excluding carboxylic acids is 1. The minimum absolute atomic E-state index is 0.00634. The molecule has 0 amide bonds. The molecule has 0 saturated carbocycles. The van der Waals surface area contributed by atoms with Crippen LogP contribution >= 0.6 is 46.4 Å². The van der Waals surface area contributed by atoms with Gasteiger partial charge in [-0.15, -0.1) is 0 Å². The van der Waals surface area contributed by atoms with Crippen molar-refractivity contribution in [3.05, 3.63) is 57.0 Å². The summed E-state index contributed by atoms with van der Waals surface area (Å²) in [5.41, 5.74) is 0.905. The molecule has 0 radical (unpaired) electrons. The number of carbonyl (C=O) groups is 1. The van der Waals surface area contributed by atoms with E-state index in [0.717, 1.165) is 9.87 Å². The SMILES string of the molecule is Cc1ccc(S(=O)(=O)N(CC(=O)Cl)c2cc(Cl)c(Cl)cc2Cl)cc1. The lowest BCUT2D eigenvalue weighted by molar-refractivity contribution is -0.110. The van der Waals surface area contributed by atoms with E-state index in [2.05, 4.69) is 0 Å². The summed E-state index contributed by atoms with van der Waals surface area (Å²) in [7, 11) is -4.08. The summed E-state index contributed by atoms with van der Waals surface area (Å²) >= 11 is 23.3. The maximum atomic E-state index is 12.9. The first-order valence-corrected chi connectivity index (χ1v) is 9.50. The summed E-state index contributed by atoms with van der Waals surface area (Å²) in [6.45, 7) is 1.22. The van der Waals surface area contributed by atoms with Crippen molar-refractivity contribution in [2.75, 3.05) is 10.8 Å². The number of anilines is 1. The predicted octanol–water partition coefficient (Wildman–Crippen LogP) is 4.92. The highest BCUT2D eigenvalue weighted by Gasteiger charge is 2.29. The molecule has 0 N–H and O–H groups in total. The second-order valence-electron chi connectivity index (χ2n) is 4.90. The van der Waals surface area contributed by atoms with Gasteiger partial charge in [-0.05, 0) is 42.8 Å². The van der Waals surface area contributed by atoms with Crippen molar-refractivity contribution in [1.29, 1.82) is 0 Å². The van der Waals surface area contributed by atoms with Crippen LogP contribution in [0.25, 0.3) is 0 Å². The Kier molecular flexibility index (Phi) is 6.04. The van der Waals surface area contributed by atoms with Crippen LogP contribution in [0.2, 0.25) is 15.1 Å². The highest BCUT2D eigenvalue weighted by Crippen LogP contribution is 2.37. The summed E-state index contributed by atoms with van der Waals surface area (Å²) in [6, 6.07) is 8.73. The third kappa shape index (κ3) is 4.16. The third-order valence-electron chi connectivity index (χ3n) is 3.14. The molecule has 0 fully saturated rings. The molecule has 0 heterocycles. The van der Waals surface area contributed by atoms with E-state index in [1.165, 1.54) is 24.3 Å². The Morgan fingerprint density at radius 1 is 1.00 bits per heavy atom. The van der Waals surface area contributed by atoms with E-state index < -0.39 is 21.8 Å². The van der Waals surface area contributed by atoms with E-state index >= 15 is 0 Å². The molecule has 0 atom stereocenters. The summed E-state index contributed by atoms with van der Waals surface area (Å²) in [4.78, 5) is 11.4. The van der Waals surface area contributed by atoms with Crippen LogP contribution in [0, 0.1) is 6.92 Å². The van der Waals surface area contributed by atoms with E-state index in [-0.39, 0.29) is 25.7 Å². The van der Waals surface area contributed by atoms with Crippen LogP contribution in [0.5, 0.6) is 0 Å². The van der Waals surface area contributed by atoms with E-state index in [4.69, 9.17) is 46.4 Å². The van der Waals surface area contributed by atoms with Crippen LogP contribution in [-0.2, 0) is 14.8 Å². The van der Waals surface area contributed by atoms with E-state index in [1.54, 1.807) is 12.1 Å². The van der Waals surface area contributed by atoms with E-state index in [0.29, 0.717) is 0 Å². The minimum Gasteiger partial charge on any atom is -0.279 e. The topological polar surface area (TPSA) is 54.5 Å². The van der Waals surface area contributed by atoms with Crippen molar-refractivity contribution in [3.63, 3.8) is 0 Å². The van der Waals surface area contributed by atoms with Crippen LogP contribution in [0.1, 0.15) is 5.56 Å². The fourth-order valence-corrected chi connectivity index (χ4v) is 4.27. The smallest absolute Gasteiger partial charge is 0.264 e. The van der Waals surface area contributed by atoms with Crippen molar-refractivity contribution < 1.29 is 13.2 Å². The van der Waals surface area contributed by atoms with Gasteiger partial charge in [-0.1, -0.05) is 52.5 Å². The molecule has 2 rings (SSSR count). The van der Waals surface area contributed by atoms with Gasteiger partial charge in [0.15, 0.2) is 0 Å². The van der Waals surface area contributed by atoms with Gasteiger partial charge in [0, 0.05) is 0 Å². The largest absolute Gasteiger partial charge is 0.279 e. The normalized spacial score (nSPS) is 11.4. The molecule has 24 heavy (non-hydrogen) atoms. The van der Waals surface area contributed by atoms with Crippen LogP contribution in [0.4, 0.5) is 5.69 Å². The Hall–Kier alpha value is -0.980. The summed E-state index contributed by atoms with van der Waals surface area (Å²) in [6.07, 6.45) is 0. The van der Waals surface area contributed by atoms with Gasteiger partial charge in [0.1, 0.15) is 6.54 Å². The molecule has 9 heteroatoms. The molecule has 0 aromatic heterocycles. The molecule has 0 unspecified atom stereocenters. The maximum absolute atomic E-state index is 12.9. The number of hydrogen-bond donors (Lipinski definition) is 0. The van der Waals surface area contributed by atoms with Gasteiger partial charge >= 0.3 is 0 Å². The molecular formula is C15H11Cl4NO3S. The zero-order chi connectivity index (χ0) is 18.1. The van der Waals surface area contributed by atoms with Crippen LogP contribution < -0.4 is 4.31 Å². The molecule has 2 aromatic carbocycles. The number of aryl methyl sites for hydroxylation is 1. The van der Waals surface area contributed by atoms with E-state index in [9.17, 15) is 13.2 Å². The average Bonchev–Trinajstić information content (AvgIpc) is 2.49. The first kappa shape index (κ1) is 19.3. The minimum atomic E-state index is -4.08. The highest BCUT2D eigenvalue weighted by atomic mass is 35.5. The van der Waals surface area contributed by atoms with Crippen molar-refractivity contribution in [2.45, 2.75) is 11.8 Å². The van der Waals surface area contributed by atoms with Gasteiger partial charge in [0.05, 0.1) is 25.7 Å². The van der Waals surface area contributed by atoms with E-state index in [1.807, 2.05) is 6.92 Å². The van der Waals surface area contributed by atoms with Crippen LogP contribution in [-0.4, -0.2) is 20.2 Å². The lowest BCUT2D eigenvalue weighted by atomic mass is 10.2. The molecule has 4 nitrogen and oxygen atoms in total. The maximum Gasteiger partial charge on any atom is 0.264 e. The predicted molar refractivity (Wildman–Crippen MR) is 98.0 cm³/mol.